The van der Waals surface area contributed by atoms with Gasteiger partial charge in [0.2, 0.25) is 0 Å². The molecule has 4 heteroatoms. The molecule has 2 heterocycles. The van der Waals surface area contributed by atoms with Gasteiger partial charge >= 0.3 is 0 Å². The smallest absolute Gasteiger partial charge is 0.150 e. The lowest BCUT2D eigenvalue weighted by Crippen LogP contribution is -2.24. The molecule has 0 bridgehead atoms. The molecule has 0 amide bonds. The largest absolute Gasteiger partial charge is 0.317 e. The predicted octanol–water partition coefficient (Wildman–Crippen LogP) is 5.20. The van der Waals surface area contributed by atoms with E-state index in [2.05, 4.69) is 16.5 Å². The molecule has 0 saturated carbocycles. The number of aldehydes is 1. The van der Waals surface area contributed by atoms with Crippen LogP contribution in [0.5, 0.6) is 0 Å². The number of likely N-dealkylation sites (tertiary alicyclic amines) is 1. The maximum atomic E-state index is 10.7. The van der Waals surface area contributed by atoms with Crippen molar-refractivity contribution in [2.24, 2.45) is 0 Å². The molecule has 1 fully saturated rings. The Morgan fingerprint density at radius 1 is 1.00 bits per heavy atom. The molecule has 0 atom stereocenters. The van der Waals surface area contributed by atoms with Crippen LogP contribution in [0.3, 0.4) is 0 Å². The molecule has 0 N–H and O–H groups in total. The van der Waals surface area contributed by atoms with E-state index in [0.29, 0.717) is 10.6 Å². The summed E-state index contributed by atoms with van der Waals surface area (Å²) in [5, 5.41) is 1.75. The van der Waals surface area contributed by atoms with Crippen molar-refractivity contribution in [1.29, 1.82) is 0 Å². The summed E-state index contributed by atoms with van der Waals surface area (Å²) in [6.45, 7) is 2.64. The van der Waals surface area contributed by atoms with Gasteiger partial charge in [0.1, 0.15) is 6.29 Å². The summed E-state index contributed by atoms with van der Waals surface area (Å²) in [6, 6.07) is 15.3. The molecule has 3 aromatic rings. The van der Waals surface area contributed by atoms with Crippen LogP contribution in [0.2, 0.25) is 5.02 Å². The number of nitrogens with zero attached hydrogens (tertiary/aromatic N) is 2. The van der Waals surface area contributed by atoms with Crippen LogP contribution in [0.4, 0.5) is 0 Å². The van der Waals surface area contributed by atoms with Crippen molar-refractivity contribution >= 4 is 28.8 Å². The van der Waals surface area contributed by atoms with Crippen LogP contribution in [0.15, 0.2) is 54.7 Å². The number of benzene rings is 2. The third-order valence-corrected chi connectivity index (χ3v) is 4.75. The lowest BCUT2D eigenvalue weighted by Gasteiger charge is -2.20. The lowest BCUT2D eigenvalue weighted by molar-refractivity contribution is 0.112. The predicted molar refractivity (Wildman–Crippen MR) is 105 cm³/mol. The minimum Gasteiger partial charge on any atom is -0.317 e. The van der Waals surface area contributed by atoms with Crippen molar-refractivity contribution < 1.29 is 4.79 Å². The molecule has 25 heavy (non-hydrogen) atoms. The van der Waals surface area contributed by atoms with E-state index >= 15 is 0 Å². The summed E-state index contributed by atoms with van der Waals surface area (Å²) < 4.78 is 2.05. The molecule has 2 aromatic carbocycles. The van der Waals surface area contributed by atoms with Crippen molar-refractivity contribution in [1.82, 2.24) is 9.47 Å². The monoisotopic (exact) mass is 354 g/mol. The maximum Gasteiger partial charge on any atom is 0.150 e. The number of piperidine rings is 1. The van der Waals surface area contributed by atoms with Gasteiger partial charge in [-0.15, -0.1) is 0 Å². The quantitative estimate of drug-likeness (QED) is 0.591. The van der Waals surface area contributed by atoms with E-state index in [1.807, 2.05) is 54.7 Å². The number of fused-ring (bicyclic) bond motifs is 1. The first kappa shape index (κ1) is 17.7. The molecule has 1 saturated heterocycles. The minimum absolute atomic E-state index is 0.686. The fourth-order valence-electron chi connectivity index (χ4n) is 3.14. The van der Waals surface area contributed by atoms with Crippen molar-refractivity contribution in [3.05, 3.63) is 65.3 Å². The maximum absolute atomic E-state index is 10.7. The molecule has 0 spiro atoms. The van der Waals surface area contributed by atoms with Crippen LogP contribution in [0, 0.1) is 0 Å². The van der Waals surface area contributed by atoms with Gasteiger partial charge < -0.3 is 9.47 Å². The highest BCUT2D eigenvalue weighted by atomic mass is 35.5. The Bertz CT molecular complexity index is 850. The van der Waals surface area contributed by atoms with Crippen molar-refractivity contribution in [3.8, 4) is 5.69 Å². The van der Waals surface area contributed by atoms with Crippen LogP contribution in [-0.4, -0.2) is 35.9 Å². The molecule has 0 aliphatic carbocycles. The third-order valence-electron chi connectivity index (χ3n) is 4.52. The van der Waals surface area contributed by atoms with Gasteiger partial charge in [0, 0.05) is 27.9 Å². The number of halogens is 1. The SMILES string of the molecule is CN1CCCCC1.O=Cc1ccc2c(ccn2-c2cccc(Cl)c2)c1. The fourth-order valence-corrected chi connectivity index (χ4v) is 3.32. The Morgan fingerprint density at radius 2 is 1.80 bits per heavy atom. The average molecular weight is 355 g/mol. The van der Waals surface area contributed by atoms with Gasteiger partial charge in [-0.05, 0) is 75.4 Å². The molecule has 0 unspecified atom stereocenters. The summed E-state index contributed by atoms with van der Waals surface area (Å²) in [7, 11) is 2.19. The molecule has 3 nitrogen and oxygen atoms in total. The first-order valence-electron chi connectivity index (χ1n) is 8.68. The molecular formula is C21H23ClN2O. The first-order chi connectivity index (χ1) is 12.2. The fraction of sp³-hybridized carbons (Fsp3) is 0.286. The van der Waals surface area contributed by atoms with Gasteiger partial charge in [0.05, 0.1) is 5.52 Å². The van der Waals surface area contributed by atoms with E-state index in [9.17, 15) is 4.79 Å². The Balaban J connectivity index is 0.000000219. The van der Waals surface area contributed by atoms with Gasteiger partial charge in [-0.25, -0.2) is 0 Å². The van der Waals surface area contributed by atoms with Gasteiger partial charge in [-0.3, -0.25) is 4.79 Å². The van der Waals surface area contributed by atoms with Crippen LogP contribution in [-0.2, 0) is 0 Å². The van der Waals surface area contributed by atoms with Gasteiger partial charge in [0.25, 0.3) is 0 Å². The van der Waals surface area contributed by atoms with Crippen molar-refractivity contribution in [2.75, 3.05) is 20.1 Å². The number of hydrogen-bond donors (Lipinski definition) is 0. The summed E-state index contributed by atoms with van der Waals surface area (Å²) in [4.78, 5) is 13.1. The summed E-state index contributed by atoms with van der Waals surface area (Å²) in [6.07, 6.45) is 7.11. The Hall–Kier alpha value is -2.10. The number of aromatic nitrogens is 1. The number of carbonyl (C=O) groups is 1. The Kier molecular flexibility index (Phi) is 5.90. The van der Waals surface area contributed by atoms with E-state index < -0.39 is 0 Å². The minimum atomic E-state index is 0.686. The van der Waals surface area contributed by atoms with Crippen LogP contribution in [0.1, 0.15) is 29.6 Å². The molecule has 0 radical (unpaired) electrons. The zero-order chi connectivity index (χ0) is 17.6. The average Bonchev–Trinajstić information content (AvgIpc) is 3.06. The second-order valence-corrected chi connectivity index (χ2v) is 6.90. The third kappa shape index (κ3) is 4.50. The lowest BCUT2D eigenvalue weighted by atomic mass is 10.1. The zero-order valence-corrected chi connectivity index (χ0v) is 15.2. The van der Waals surface area contributed by atoms with E-state index in [1.165, 1.54) is 32.4 Å². The number of rotatable bonds is 2. The Labute approximate surface area is 153 Å². The first-order valence-corrected chi connectivity index (χ1v) is 9.06. The zero-order valence-electron chi connectivity index (χ0n) is 14.5. The van der Waals surface area contributed by atoms with Gasteiger partial charge in [-0.2, -0.15) is 0 Å². The summed E-state index contributed by atoms with van der Waals surface area (Å²) in [5.41, 5.74) is 2.76. The summed E-state index contributed by atoms with van der Waals surface area (Å²) in [5.74, 6) is 0. The Morgan fingerprint density at radius 3 is 2.44 bits per heavy atom. The van der Waals surface area contributed by atoms with E-state index in [-0.39, 0.29) is 0 Å². The standard InChI is InChI=1S/C15H10ClNO.C6H13N/c16-13-2-1-3-14(9-13)17-7-6-12-8-11(10-18)4-5-15(12)17;1-7-5-3-2-4-6-7/h1-10H;2-6H2,1H3. The highest BCUT2D eigenvalue weighted by molar-refractivity contribution is 6.30. The van der Waals surface area contributed by atoms with Crippen molar-refractivity contribution in [3.63, 3.8) is 0 Å². The van der Waals surface area contributed by atoms with E-state index in [0.717, 1.165) is 22.9 Å². The van der Waals surface area contributed by atoms with Crippen molar-refractivity contribution in [2.45, 2.75) is 19.3 Å². The molecule has 1 aromatic heterocycles. The summed E-state index contributed by atoms with van der Waals surface area (Å²) >= 11 is 6.00. The normalized spacial score (nSPS) is 14.8. The topological polar surface area (TPSA) is 25.2 Å². The van der Waals surface area contributed by atoms with Gasteiger partial charge in [0.15, 0.2) is 0 Å². The van der Waals surface area contributed by atoms with Gasteiger partial charge in [-0.1, -0.05) is 24.1 Å². The molecular weight excluding hydrogens is 332 g/mol. The highest BCUT2D eigenvalue weighted by Gasteiger charge is 2.04. The number of carbonyl (C=O) groups excluding carboxylic acids is 1. The van der Waals surface area contributed by atoms with Crippen LogP contribution >= 0.6 is 11.6 Å². The van der Waals surface area contributed by atoms with E-state index in [4.69, 9.17) is 11.6 Å². The second kappa shape index (κ2) is 8.32. The molecule has 1 aliphatic rings. The molecule has 130 valence electrons. The van der Waals surface area contributed by atoms with E-state index in [1.54, 1.807) is 0 Å². The van der Waals surface area contributed by atoms with Crippen LogP contribution < -0.4 is 0 Å². The number of hydrogen-bond acceptors (Lipinski definition) is 2. The highest BCUT2D eigenvalue weighted by Crippen LogP contribution is 2.23. The molecule has 4 rings (SSSR count). The second-order valence-electron chi connectivity index (χ2n) is 6.47. The molecule has 1 aliphatic heterocycles. The van der Waals surface area contributed by atoms with Crippen LogP contribution in [0.25, 0.3) is 16.6 Å².